The fraction of sp³-hybridized carbons (Fsp3) is 0.321. The molecule has 0 N–H and O–H groups in total. The summed E-state index contributed by atoms with van der Waals surface area (Å²) in [5, 5.41) is 9.39. The first-order valence-corrected chi connectivity index (χ1v) is 13.3. The molecule has 0 unspecified atom stereocenters. The highest BCUT2D eigenvalue weighted by atomic mass is 19.1. The molecule has 0 spiro atoms. The number of imidazole rings is 2. The van der Waals surface area contributed by atoms with Crippen LogP contribution in [0.3, 0.4) is 0 Å². The third kappa shape index (κ3) is 4.23. The van der Waals surface area contributed by atoms with Gasteiger partial charge in [0.05, 0.1) is 60.3 Å². The number of benzene rings is 2. The molecule has 5 aromatic rings. The lowest BCUT2D eigenvalue weighted by Crippen LogP contribution is -2.39. The Hall–Kier alpha value is -4.67. The van der Waals surface area contributed by atoms with Gasteiger partial charge in [0, 0.05) is 32.6 Å². The third-order valence-electron chi connectivity index (χ3n) is 7.71. The molecule has 0 amide bonds. The molecule has 1 fully saturated rings. The van der Waals surface area contributed by atoms with Crippen LogP contribution >= 0.6 is 0 Å². The van der Waals surface area contributed by atoms with Crippen LogP contribution < -0.4 is 10.4 Å². The third-order valence-corrected chi connectivity index (χ3v) is 7.71. The topological polar surface area (TPSA) is 116 Å². The lowest BCUT2D eigenvalue weighted by molar-refractivity contribution is 0.0364. The van der Waals surface area contributed by atoms with Crippen molar-refractivity contribution in [1.29, 1.82) is 5.26 Å². The van der Waals surface area contributed by atoms with E-state index in [-0.39, 0.29) is 35.9 Å². The number of nitriles is 1. The normalized spacial score (nSPS) is 17.4. The molecule has 1 atom stereocenters. The molecule has 13 heteroatoms. The molecule has 0 radical (unpaired) electrons. The van der Waals surface area contributed by atoms with E-state index in [1.54, 1.807) is 39.9 Å². The predicted molar refractivity (Wildman–Crippen MR) is 143 cm³/mol. The first-order valence-electron chi connectivity index (χ1n) is 13.3. The highest BCUT2D eigenvalue weighted by Gasteiger charge is 2.33. The number of fused-ring (bicyclic) bond motifs is 3. The lowest BCUT2D eigenvalue weighted by atomic mass is 9.99. The van der Waals surface area contributed by atoms with Gasteiger partial charge in [-0.15, -0.1) is 0 Å². The van der Waals surface area contributed by atoms with Crippen LogP contribution in [0.5, 0.6) is 5.75 Å². The molecule has 41 heavy (non-hydrogen) atoms. The molecule has 2 aliphatic rings. The quantitative estimate of drug-likeness (QED) is 0.324. The second kappa shape index (κ2) is 10.1. The Morgan fingerprint density at radius 3 is 2.68 bits per heavy atom. The van der Waals surface area contributed by atoms with E-state index < -0.39 is 23.4 Å². The first kappa shape index (κ1) is 25.3. The SMILES string of the molecule is N#Cc1ccc2ncn(-c3ncc4c(n3)n([C@@H]3CCOc5c(F)ccc(F)c53)c(=O)n4CCN3CCOCC3)c2c1. The van der Waals surface area contributed by atoms with Crippen molar-refractivity contribution in [2.45, 2.75) is 19.0 Å². The summed E-state index contributed by atoms with van der Waals surface area (Å²) < 4.78 is 45.5. The van der Waals surface area contributed by atoms with Crippen LogP contribution in [0.1, 0.15) is 23.6 Å². The molecule has 3 aromatic heterocycles. The summed E-state index contributed by atoms with van der Waals surface area (Å²) in [6.07, 6.45) is 3.36. The van der Waals surface area contributed by atoms with Crippen LogP contribution in [-0.4, -0.2) is 73.0 Å². The van der Waals surface area contributed by atoms with Crippen LogP contribution in [0.25, 0.3) is 28.1 Å². The maximum Gasteiger partial charge on any atom is 0.331 e. The van der Waals surface area contributed by atoms with E-state index in [2.05, 4.69) is 20.9 Å². The van der Waals surface area contributed by atoms with Gasteiger partial charge in [0.25, 0.3) is 0 Å². The molecule has 0 bridgehead atoms. The summed E-state index contributed by atoms with van der Waals surface area (Å²) in [6, 6.07) is 8.43. The Morgan fingerprint density at radius 1 is 1.02 bits per heavy atom. The van der Waals surface area contributed by atoms with Crippen molar-refractivity contribution in [3.8, 4) is 17.8 Å². The van der Waals surface area contributed by atoms with E-state index in [9.17, 15) is 14.4 Å². The Kier molecular flexibility index (Phi) is 6.21. The Bertz CT molecular complexity index is 1900. The van der Waals surface area contributed by atoms with Gasteiger partial charge in [0.15, 0.2) is 17.2 Å². The minimum Gasteiger partial charge on any atom is -0.490 e. The molecule has 208 valence electrons. The summed E-state index contributed by atoms with van der Waals surface area (Å²) in [5.41, 5.74) is 2.04. The summed E-state index contributed by atoms with van der Waals surface area (Å²) in [4.78, 5) is 30.0. The van der Waals surface area contributed by atoms with Crippen molar-refractivity contribution in [3.05, 3.63) is 76.1 Å². The van der Waals surface area contributed by atoms with Crippen LogP contribution in [-0.2, 0) is 11.3 Å². The smallest absolute Gasteiger partial charge is 0.331 e. The highest BCUT2D eigenvalue weighted by molar-refractivity contribution is 5.79. The number of hydrogen-bond acceptors (Lipinski definition) is 8. The number of hydrogen-bond donors (Lipinski definition) is 0. The van der Waals surface area contributed by atoms with Gasteiger partial charge >= 0.3 is 5.69 Å². The number of aromatic nitrogens is 6. The van der Waals surface area contributed by atoms with E-state index in [0.717, 1.165) is 25.2 Å². The lowest BCUT2D eigenvalue weighted by Gasteiger charge is -2.27. The number of ether oxygens (including phenoxy) is 2. The number of rotatable bonds is 5. The Balaban J connectivity index is 1.41. The standard InChI is InChI=1S/C28H24F2N8O3/c29-18-2-3-19(30)25-24(18)21(5-10-41-25)38-26-23(36(28(38)39)7-6-35-8-11-40-12-9-35)15-32-27(34-26)37-16-33-20-4-1-17(14-31)13-22(20)37/h1-4,13,15-16,21H,5-12H2/t21-/m1/s1. The molecule has 2 aromatic carbocycles. The zero-order valence-corrected chi connectivity index (χ0v) is 21.8. The first-order chi connectivity index (χ1) is 20.0. The molecule has 0 saturated carbocycles. The number of morpholine rings is 1. The van der Waals surface area contributed by atoms with Gasteiger partial charge < -0.3 is 9.47 Å². The van der Waals surface area contributed by atoms with Gasteiger partial charge in [-0.25, -0.2) is 23.5 Å². The number of halogens is 2. The second-order valence-electron chi connectivity index (χ2n) is 9.99. The Morgan fingerprint density at radius 2 is 1.85 bits per heavy atom. The molecule has 11 nitrogen and oxygen atoms in total. The fourth-order valence-electron chi connectivity index (χ4n) is 5.65. The van der Waals surface area contributed by atoms with E-state index in [1.165, 1.54) is 4.57 Å². The fourth-order valence-corrected chi connectivity index (χ4v) is 5.65. The van der Waals surface area contributed by atoms with E-state index >= 15 is 4.39 Å². The average molecular weight is 559 g/mol. The molecule has 0 aliphatic carbocycles. The predicted octanol–water partition coefficient (Wildman–Crippen LogP) is 2.79. The van der Waals surface area contributed by atoms with Crippen molar-refractivity contribution >= 4 is 22.2 Å². The van der Waals surface area contributed by atoms with Crippen LogP contribution in [0.15, 0.2) is 47.7 Å². The van der Waals surface area contributed by atoms with Gasteiger partial charge in [0.1, 0.15) is 17.7 Å². The van der Waals surface area contributed by atoms with Crippen molar-refractivity contribution < 1.29 is 18.3 Å². The zero-order valence-electron chi connectivity index (χ0n) is 21.8. The summed E-state index contributed by atoms with van der Waals surface area (Å²) in [5.74, 6) is -1.32. The summed E-state index contributed by atoms with van der Waals surface area (Å²) >= 11 is 0. The van der Waals surface area contributed by atoms with Gasteiger partial charge in [0.2, 0.25) is 5.95 Å². The highest BCUT2D eigenvalue weighted by Crippen LogP contribution is 2.39. The molecule has 5 heterocycles. The van der Waals surface area contributed by atoms with E-state index in [4.69, 9.17) is 14.5 Å². The summed E-state index contributed by atoms with van der Waals surface area (Å²) in [7, 11) is 0. The maximum absolute atomic E-state index is 15.2. The minimum atomic E-state index is -0.846. The van der Waals surface area contributed by atoms with Crippen LogP contribution in [0.2, 0.25) is 0 Å². The van der Waals surface area contributed by atoms with Crippen molar-refractivity contribution in [2.75, 3.05) is 39.5 Å². The monoisotopic (exact) mass is 558 g/mol. The van der Waals surface area contributed by atoms with Gasteiger partial charge in [-0.3, -0.25) is 18.6 Å². The molecular weight excluding hydrogens is 534 g/mol. The van der Waals surface area contributed by atoms with Crippen LogP contribution in [0, 0.1) is 23.0 Å². The molecule has 7 rings (SSSR count). The maximum atomic E-state index is 15.2. The van der Waals surface area contributed by atoms with Crippen molar-refractivity contribution in [1.82, 2.24) is 33.6 Å². The van der Waals surface area contributed by atoms with Crippen LogP contribution in [0.4, 0.5) is 8.78 Å². The van der Waals surface area contributed by atoms with Crippen molar-refractivity contribution in [3.63, 3.8) is 0 Å². The molecule has 2 aliphatic heterocycles. The van der Waals surface area contributed by atoms with Gasteiger partial charge in [-0.05, 0) is 30.3 Å². The average Bonchev–Trinajstić information content (AvgIpc) is 3.55. The van der Waals surface area contributed by atoms with Gasteiger partial charge in [-0.2, -0.15) is 10.2 Å². The number of nitrogens with zero attached hydrogens (tertiary/aromatic N) is 8. The molecule has 1 saturated heterocycles. The zero-order chi connectivity index (χ0) is 28.1. The Labute approximate surface area is 231 Å². The largest absolute Gasteiger partial charge is 0.490 e. The minimum absolute atomic E-state index is 0.0162. The second-order valence-corrected chi connectivity index (χ2v) is 9.99. The molecular formula is C28H24F2N8O3. The van der Waals surface area contributed by atoms with Gasteiger partial charge in [-0.1, -0.05) is 0 Å². The van der Waals surface area contributed by atoms with Crippen molar-refractivity contribution in [2.24, 2.45) is 0 Å². The van der Waals surface area contributed by atoms with E-state index in [1.807, 2.05) is 0 Å². The summed E-state index contributed by atoms with van der Waals surface area (Å²) in [6.45, 7) is 3.81. The van der Waals surface area contributed by atoms with E-state index in [0.29, 0.717) is 48.4 Å².